The van der Waals surface area contributed by atoms with Crippen LogP contribution in [0.5, 0.6) is 0 Å². The standard InChI is InChI=1S/C28H25FN8O3/c1-16-34-27(35-40-16)20-6-4-18(11-21(20)24-7-5-19-10-17(12-30)13-33-37(19)24)36(15-25(29)28(2,3)39)23-8-9-32-14-22(23)26(31)38/h4-11,13-14,25,39H,15H2,1-3H3,(H2,31,38)/t25-/m1/s1. The molecular weight excluding hydrogens is 515 g/mol. The number of aliphatic hydroxyl groups is 1. The number of benzene rings is 1. The van der Waals surface area contributed by atoms with Gasteiger partial charge in [0.25, 0.3) is 5.91 Å². The molecule has 4 aromatic heterocycles. The van der Waals surface area contributed by atoms with Gasteiger partial charge in [-0.25, -0.2) is 8.91 Å². The molecule has 5 aromatic rings. The molecule has 0 fully saturated rings. The van der Waals surface area contributed by atoms with Crippen molar-refractivity contribution in [1.29, 1.82) is 5.26 Å². The molecule has 11 nitrogen and oxygen atoms in total. The summed E-state index contributed by atoms with van der Waals surface area (Å²) < 4.78 is 22.3. The normalized spacial score (nSPS) is 12.3. The summed E-state index contributed by atoms with van der Waals surface area (Å²) in [4.78, 5) is 22.2. The quantitative estimate of drug-likeness (QED) is 0.297. The van der Waals surface area contributed by atoms with Gasteiger partial charge in [-0.2, -0.15) is 15.3 Å². The monoisotopic (exact) mass is 540 g/mol. The number of nitriles is 1. The van der Waals surface area contributed by atoms with Gasteiger partial charge in [0.2, 0.25) is 11.7 Å². The molecule has 1 atom stereocenters. The van der Waals surface area contributed by atoms with E-state index >= 15 is 4.39 Å². The zero-order valence-corrected chi connectivity index (χ0v) is 21.9. The smallest absolute Gasteiger partial charge is 0.252 e. The Hall–Kier alpha value is -5.15. The average Bonchev–Trinajstić information content (AvgIpc) is 3.56. The van der Waals surface area contributed by atoms with Gasteiger partial charge in [-0.1, -0.05) is 5.16 Å². The van der Waals surface area contributed by atoms with Gasteiger partial charge in [0.05, 0.1) is 46.4 Å². The summed E-state index contributed by atoms with van der Waals surface area (Å²) in [5.74, 6) is -0.0338. The van der Waals surface area contributed by atoms with E-state index in [9.17, 15) is 15.2 Å². The molecule has 0 radical (unpaired) electrons. The number of halogens is 1. The summed E-state index contributed by atoms with van der Waals surface area (Å²) in [5, 5.41) is 28.2. The fourth-order valence-electron chi connectivity index (χ4n) is 4.32. The van der Waals surface area contributed by atoms with E-state index in [1.165, 1.54) is 32.4 Å². The molecule has 0 bridgehead atoms. The van der Waals surface area contributed by atoms with Crippen LogP contribution in [0.15, 0.2) is 65.6 Å². The zero-order valence-electron chi connectivity index (χ0n) is 21.9. The molecular formula is C28H25FN8O3. The number of anilines is 2. The van der Waals surface area contributed by atoms with Crippen molar-refractivity contribution in [2.75, 3.05) is 11.4 Å². The van der Waals surface area contributed by atoms with Crippen molar-refractivity contribution in [2.24, 2.45) is 5.73 Å². The predicted molar refractivity (Wildman–Crippen MR) is 144 cm³/mol. The van der Waals surface area contributed by atoms with E-state index < -0.39 is 17.7 Å². The number of carbonyl (C=O) groups excluding carboxylic acids is 1. The molecule has 12 heteroatoms. The fraction of sp³-hybridized carbons (Fsp3) is 0.214. The first kappa shape index (κ1) is 26.5. The van der Waals surface area contributed by atoms with Gasteiger partial charge in [-0.15, -0.1) is 0 Å². The van der Waals surface area contributed by atoms with Crippen LogP contribution in [-0.4, -0.2) is 54.1 Å². The minimum atomic E-state index is -1.70. The molecule has 0 unspecified atom stereocenters. The van der Waals surface area contributed by atoms with E-state index in [0.717, 1.165) is 0 Å². The lowest BCUT2D eigenvalue weighted by atomic mass is 9.99. The summed E-state index contributed by atoms with van der Waals surface area (Å²) in [6.45, 7) is 4.13. The zero-order chi connectivity index (χ0) is 28.6. The molecule has 5 rings (SSSR count). The lowest BCUT2D eigenvalue weighted by molar-refractivity contribution is 0.00145. The molecule has 202 valence electrons. The van der Waals surface area contributed by atoms with Crippen molar-refractivity contribution in [3.63, 3.8) is 0 Å². The SMILES string of the molecule is Cc1nc(-c2ccc(N(C[C@@H](F)C(C)(C)O)c3ccncc3C(N)=O)cc2-c2ccc3cc(C#N)cnn23)no1. The first-order chi connectivity index (χ1) is 19.1. The highest BCUT2D eigenvalue weighted by atomic mass is 19.1. The number of rotatable bonds is 8. The summed E-state index contributed by atoms with van der Waals surface area (Å²) in [5.41, 5.74) is 7.82. The lowest BCUT2D eigenvalue weighted by Crippen LogP contribution is -2.41. The largest absolute Gasteiger partial charge is 0.387 e. The molecule has 1 aromatic carbocycles. The number of primary amides is 1. The molecule has 0 aliphatic carbocycles. The molecule has 1 amide bonds. The van der Waals surface area contributed by atoms with Crippen molar-refractivity contribution in [3.8, 4) is 28.7 Å². The average molecular weight is 541 g/mol. The van der Waals surface area contributed by atoms with Gasteiger partial charge in [0, 0.05) is 36.1 Å². The van der Waals surface area contributed by atoms with E-state index in [1.54, 1.807) is 46.7 Å². The number of aromatic nitrogens is 5. The number of pyridine rings is 1. The van der Waals surface area contributed by atoms with Crippen LogP contribution in [0.3, 0.4) is 0 Å². The van der Waals surface area contributed by atoms with Crippen LogP contribution in [0.25, 0.3) is 28.2 Å². The molecule has 0 aliphatic heterocycles. The lowest BCUT2D eigenvalue weighted by Gasteiger charge is -2.32. The number of alkyl halides is 1. The van der Waals surface area contributed by atoms with Crippen LogP contribution in [-0.2, 0) is 0 Å². The van der Waals surface area contributed by atoms with E-state index in [4.69, 9.17) is 10.3 Å². The van der Waals surface area contributed by atoms with E-state index in [1.807, 2.05) is 12.1 Å². The maximum Gasteiger partial charge on any atom is 0.252 e. The van der Waals surface area contributed by atoms with Crippen LogP contribution in [0.1, 0.15) is 35.7 Å². The predicted octanol–water partition coefficient (Wildman–Crippen LogP) is 3.97. The number of nitrogens with two attached hydrogens (primary N) is 1. The Balaban J connectivity index is 1.75. The molecule has 40 heavy (non-hydrogen) atoms. The topological polar surface area (TPSA) is 159 Å². The molecule has 0 spiro atoms. The number of hydrogen-bond donors (Lipinski definition) is 2. The Labute approximate surface area is 228 Å². The highest BCUT2D eigenvalue weighted by Gasteiger charge is 2.31. The third-order valence-corrected chi connectivity index (χ3v) is 6.45. The van der Waals surface area contributed by atoms with Crippen molar-refractivity contribution in [1.82, 2.24) is 24.7 Å². The summed E-state index contributed by atoms with van der Waals surface area (Å²) in [6.07, 6.45) is 2.54. The van der Waals surface area contributed by atoms with Crippen molar-refractivity contribution in [3.05, 3.63) is 78.1 Å². The van der Waals surface area contributed by atoms with Gasteiger partial charge < -0.3 is 20.3 Å². The van der Waals surface area contributed by atoms with E-state index in [0.29, 0.717) is 51.0 Å². The maximum atomic E-state index is 15.4. The number of nitrogens with zero attached hydrogens (tertiary/aromatic N) is 7. The van der Waals surface area contributed by atoms with Gasteiger partial charge in [-0.05, 0) is 56.3 Å². The minimum absolute atomic E-state index is 0.0868. The molecule has 0 saturated heterocycles. The number of amides is 1. The Bertz CT molecular complexity index is 1770. The van der Waals surface area contributed by atoms with Crippen LogP contribution in [0, 0.1) is 18.3 Å². The van der Waals surface area contributed by atoms with Gasteiger partial charge in [-0.3, -0.25) is 9.78 Å². The number of fused-ring (bicyclic) bond motifs is 1. The Morgan fingerprint density at radius 1 is 1.23 bits per heavy atom. The van der Waals surface area contributed by atoms with E-state index in [2.05, 4.69) is 26.3 Å². The van der Waals surface area contributed by atoms with Gasteiger partial charge >= 0.3 is 0 Å². The number of hydrogen-bond acceptors (Lipinski definition) is 9. The molecule has 3 N–H and O–H groups in total. The summed E-state index contributed by atoms with van der Waals surface area (Å²) >= 11 is 0. The minimum Gasteiger partial charge on any atom is -0.387 e. The first-order valence-electron chi connectivity index (χ1n) is 12.3. The van der Waals surface area contributed by atoms with Crippen molar-refractivity contribution >= 4 is 22.8 Å². The maximum absolute atomic E-state index is 15.4. The second-order valence-corrected chi connectivity index (χ2v) is 9.77. The van der Waals surface area contributed by atoms with Crippen LogP contribution >= 0.6 is 0 Å². The van der Waals surface area contributed by atoms with Crippen molar-refractivity contribution < 1.29 is 18.8 Å². The fourth-order valence-corrected chi connectivity index (χ4v) is 4.32. The third kappa shape index (κ3) is 4.97. The Kier molecular flexibility index (Phi) is 6.74. The molecule has 4 heterocycles. The highest BCUT2D eigenvalue weighted by molar-refractivity contribution is 5.99. The van der Waals surface area contributed by atoms with Crippen LogP contribution < -0.4 is 10.6 Å². The van der Waals surface area contributed by atoms with Crippen molar-refractivity contribution in [2.45, 2.75) is 32.5 Å². The van der Waals surface area contributed by atoms with E-state index in [-0.39, 0.29) is 12.1 Å². The first-order valence-corrected chi connectivity index (χ1v) is 12.3. The third-order valence-electron chi connectivity index (χ3n) is 6.45. The number of carbonyl (C=O) groups is 1. The molecule has 0 saturated carbocycles. The highest BCUT2D eigenvalue weighted by Crippen LogP contribution is 2.38. The Morgan fingerprint density at radius 2 is 2.02 bits per heavy atom. The second-order valence-electron chi connectivity index (χ2n) is 9.77. The Morgan fingerprint density at radius 3 is 2.70 bits per heavy atom. The van der Waals surface area contributed by atoms with Gasteiger partial charge in [0.1, 0.15) is 12.2 Å². The summed E-state index contributed by atoms with van der Waals surface area (Å²) in [6, 6.07) is 14.3. The van der Waals surface area contributed by atoms with Crippen LogP contribution in [0.4, 0.5) is 15.8 Å². The van der Waals surface area contributed by atoms with Crippen LogP contribution in [0.2, 0.25) is 0 Å². The second kappa shape index (κ2) is 10.2. The summed E-state index contributed by atoms with van der Waals surface area (Å²) in [7, 11) is 0. The molecule has 0 aliphatic rings. The number of aryl methyl sites for hydroxylation is 1. The van der Waals surface area contributed by atoms with Gasteiger partial charge in [0.15, 0.2) is 0 Å².